The van der Waals surface area contributed by atoms with Crippen LogP contribution >= 0.6 is 0 Å². The van der Waals surface area contributed by atoms with Crippen molar-refractivity contribution in [2.24, 2.45) is 0 Å². The zero-order valence-corrected chi connectivity index (χ0v) is 58.5. The van der Waals surface area contributed by atoms with Gasteiger partial charge in [-0.25, -0.2) is 0 Å². The Hall–Kier alpha value is -2.90. The van der Waals surface area contributed by atoms with Crippen LogP contribution in [-0.4, -0.2) is 99.6 Å². The molecule has 524 valence electrons. The largest absolute Gasteiger partial charge is 0.454 e. The summed E-state index contributed by atoms with van der Waals surface area (Å²) < 4.78 is 17.7. The lowest BCUT2D eigenvalue weighted by Gasteiger charge is -2.41. The summed E-state index contributed by atoms with van der Waals surface area (Å²) in [5.41, 5.74) is 0. The molecule has 11 nitrogen and oxygen atoms in total. The van der Waals surface area contributed by atoms with E-state index in [0.717, 1.165) is 103 Å². The number of aliphatic hydroxyl groups is 5. The van der Waals surface area contributed by atoms with Crippen molar-refractivity contribution >= 4 is 11.9 Å². The van der Waals surface area contributed by atoms with Crippen LogP contribution in [0.2, 0.25) is 0 Å². The smallest absolute Gasteiger partial charge is 0.306 e. The number of allylic oxidation sites excluding steroid dienone is 11. The highest BCUT2D eigenvalue weighted by atomic mass is 16.7. The molecule has 11 heteroatoms. The summed E-state index contributed by atoms with van der Waals surface area (Å²) in [5, 5.41) is 57.4. The molecule has 6 N–H and O–H groups in total. The second-order valence-corrected chi connectivity index (χ2v) is 26.4. The number of carbonyl (C=O) groups excluding carboxylic acids is 2. The van der Waals surface area contributed by atoms with E-state index in [4.69, 9.17) is 14.2 Å². The second kappa shape index (κ2) is 66.1. The third-order valence-corrected chi connectivity index (χ3v) is 17.9. The van der Waals surface area contributed by atoms with Crippen molar-refractivity contribution < 1.29 is 49.3 Å². The highest BCUT2D eigenvalue weighted by molar-refractivity contribution is 5.80. The summed E-state index contributed by atoms with van der Waals surface area (Å²) >= 11 is 0. The summed E-state index contributed by atoms with van der Waals surface area (Å²) in [6, 6.07) is -1.03. The predicted octanol–water partition coefficient (Wildman–Crippen LogP) is 20.2. The van der Waals surface area contributed by atoms with Gasteiger partial charge in [-0.2, -0.15) is 0 Å². The maximum absolute atomic E-state index is 13.5. The first-order valence-corrected chi connectivity index (χ1v) is 38.2. The summed E-state index contributed by atoms with van der Waals surface area (Å²) in [6.45, 7) is 5.73. The lowest BCUT2D eigenvalue weighted by molar-refractivity contribution is -0.305. The lowest BCUT2D eigenvalue weighted by atomic mass is 9.99. The third-order valence-electron chi connectivity index (χ3n) is 17.9. The second-order valence-electron chi connectivity index (χ2n) is 26.4. The topological polar surface area (TPSA) is 175 Å². The minimum absolute atomic E-state index is 0.115. The summed E-state index contributed by atoms with van der Waals surface area (Å²) in [7, 11) is 0. The Morgan fingerprint density at radius 1 is 0.444 bits per heavy atom. The number of esters is 1. The van der Waals surface area contributed by atoms with Crippen molar-refractivity contribution in [3.8, 4) is 0 Å². The first kappa shape index (κ1) is 85.1. The first-order valence-electron chi connectivity index (χ1n) is 38.2. The van der Waals surface area contributed by atoms with Crippen molar-refractivity contribution in [3.05, 3.63) is 72.9 Å². The molecule has 1 amide bonds. The molecule has 8 unspecified atom stereocenters. The van der Waals surface area contributed by atoms with E-state index in [0.29, 0.717) is 19.3 Å². The van der Waals surface area contributed by atoms with E-state index in [-0.39, 0.29) is 13.0 Å². The maximum Gasteiger partial charge on any atom is 0.306 e. The third kappa shape index (κ3) is 52.5. The molecular weight excluding hydrogens is 1120 g/mol. The molecule has 0 bridgehead atoms. The van der Waals surface area contributed by atoms with Gasteiger partial charge in [0.05, 0.1) is 25.4 Å². The van der Waals surface area contributed by atoms with E-state index in [9.17, 15) is 35.1 Å². The molecule has 0 aromatic carbocycles. The van der Waals surface area contributed by atoms with Gasteiger partial charge < -0.3 is 45.1 Å². The standard InChI is InChI=1S/C79H143NO10/c1-4-7-10-13-16-19-22-25-27-29-31-33-35-37-39-41-43-45-47-49-52-55-58-61-64-67-74(84)90-77-76(86)75(85)73(68-81)89-79(77)88-69-70(71(82)65-62-59-56-53-50-24-21-18-15-12-9-6-3)80-78(87)72(83)66-63-60-57-54-51-48-46-44-42-40-38-36-34-32-30-28-26-23-20-17-14-11-8-5-2/h7,10,16,19,25,27,31,33,37,39,62,65,70-73,75-77,79,81-83,85-86H,4-6,8-9,11-15,17-18,20-24,26,28-30,32,34-36,38,40-61,63-64,66-69H2,1-3H3,(H,80,87)/b10-7-,19-16-,27-25-,33-31-,39-37-,65-62+. The van der Waals surface area contributed by atoms with E-state index in [1.807, 2.05) is 6.08 Å². The van der Waals surface area contributed by atoms with E-state index >= 15 is 0 Å². The molecular formula is C79H143NO10. The van der Waals surface area contributed by atoms with Crippen molar-refractivity contribution in [1.29, 1.82) is 0 Å². The highest BCUT2D eigenvalue weighted by Gasteiger charge is 2.47. The van der Waals surface area contributed by atoms with Gasteiger partial charge in [0, 0.05) is 6.42 Å². The molecule has 0 aliphatic carbocycles. The Morgan fingerprint density at radius 2 is 0.800 bits per heavy atom. The molecule has 90 heavy (non-hydrogen) atoms. The number of nitrogens with one attached hydrogen (secondary N) is 1. The normalized spacial score (nSPS) is 18.4. The van der Waals surface area contributed by atoms with E-state index in [1.165, 1.54) is 205 Å². The molecule has 8 atom stereocenters. The van der Waals surface area contributed by atoms with Crippen LogP contribution in [0.1, 0.15) is 355 Å². The summed E-state index contributed by atoms with van der Waals surface area (Å²) in [6.07, 6.45) is 76.6. The number of ether oxygens (including phenoxy) is 3. The zero-order valence-electron chi connectivity index (χ0n) is 58.5. The summed E-state index contributed by atoms with van der Waals surface area (Å²) in [4.78, 5) is 26.7. The zero-order chi connectivity index (χ0) is 65.3. The van der Waals surface area contributed by atoms with Gasteiger partial charge in [-0.05, 0) is 70.6 Å². The number of amides is 1. The average molecular weight is 1270 g/mol. The van der Waals surface area contributed by atoms with Gasteiger partial charge in [-0.15, -0.1) is 0 Å². The fourth-order valence-corrected chi connectivity index (χ4v) is 11.9. The Bertz CT molecular complexity index is 1750. The number of hydrogen-bond acceptors (Lipinski definition) is 10. The van der Waals surface area contributed by atoms with Crippen LogP contribution in [0, 0.1) is 0 Å². The van der Waals surface area contributed by atoms with Gasteiger partial charge in [-0.1, -0.05) is 351 Å². The Balaban J connectivity index is 2.53. The Labute approximate surface area is 553 Å². The van der Waals surface area contributed by atoms with Crippen LogP contribution in [0.3, 0.4) is 0 Å². The quantitative estimate of drug-likeness (QED) is 0.0195. The fraction of sp³-hybridized carbons (Fsp3) is 0.823. The van der Waals surface area contributed by atoms with Gasteiger partial charge in [-0.3, -0.25) is 9.59 Å². The first-order chi connectivity index (χ1) is 44.2. The molecule has 0 aromatic heterocycles. The van der Waals surface area contributed by atoms with Crippen molar-refractivity contribution in [2.45, 2.75) is 404 Å². The van der Waals surface area contributed by atoms with Crippen molar-refractivity contribution in [1.82, 2.24) is 5.32 Å². The SMILES string of the molecule is CC/C=C\C/C=C\C/C=C\C/C=C\C/C=C\CCCCCCCCCCCC(=O)OC1C(OCC(NC(=O)C(O)CCCCCCCCCCCCCCCCCCCCCCCCCC)C(O)/C=C/CCCCCCCCCCCC)OC(CO)C(O)C1O. The molecule has 0 saturated carbocycles. The van der Waals surface area contributed by atoms with Gasteiger partial charge in [0.1, 0.15) is 24.4 Å². The number of rotatable bonds is 66. The van der Waals surface area contributed by atoms with E-state index in [1.54, 1.807) is 6.08 Å². The van der Waals surface area contributed by atoms with Crippen LogP contribution in [0.15, 0.2) is 72.9 Å². The number of unbranched alkanes of at least 4 members (excludes halogenated alkanes) is 42. The van der Waals surface area contributed by atoms with E-state index in [2.05, 4.69) is 86.8 Å². The van der Waals surface area contributed by atoms with Gasteiger partial charge in [0.15, 0.2) is 12.4 Å². The average Bonchev–Trinajstić information content (AvgIpc) is 1.18. The van der Waals surface area contributed by atoms with Crippen LogP contribution < -0.4 is 5.32 Å². The predicted molar refractivity (Wildman–Crippen MR) is 379 cm³/mol. The number of aliphatic hydroxyl groups excluding tert-OH is 5. The molecule has 1 aliphatic heterocycles. The van der Waals surface area contributed by atoms with Gasteiger partial charge in [0.25, 0.3) is 0 Å². The monoisotopic (exact) mass is 1270 g/mol. The molecule has 1 saturated heterocycles. The van der Waals surface area contributed by atoms with Gasteiger partial charge >= 0.3 is 5.97 Å². The molecule has 1 fully saturated rings. The Kier molecular flexibility index (Phi) is 62.5. The molecule has 0 spiro atoms. The minimum Gasteiger partial charge on any atom is -0.454 e. The van der Waals surface area contributed by atoms with Gasteiger partial charge in [0.2, 0.25) is 5.91 Å². The highest BCUT2D eigenvalue weighted by Crippen LogP contribution is 2.27. The number of carbonyl (C=O) groups is 2. The molecule has 0 radical (unpaired) electrons. The maximum atomic E-state index is 13.5. The molecule has 1 heterocycles. The van der Waals surface area contributed by atoms with Crippen LogP contribution in [0.4, 0.5) is 0 Å². The molecule has 1 aliphatic rings. The molecule has 0 aromatic rings. The minimum atomic E-state index is -1.62. The molecule has 1 rings (SSSR count). The lowest BCUT2D eigenvalue weighted by Crippen LogP contribution is -2.61. The van der Waals surface area contributed by atoms with Crippen molar-refractivity contribution in [3.63, 3.8) is 0 Å². The fourth-order valence-electron chi connectivity index (χ4n) is 11.9. The van der Waals surface area contributed by atoms with Crippen LogP contribution in [0.25, 0.3) is 0 Å². The van der Waals surface area contributed by atoms with Crippen LogP contribution in [-0.2, 0) is 23.8 Å². The van der Waals surface area contributed by atoms with Crippen molar-refractivity contribution in [2.75, 3.05) is 13.2 Å². The van der Waals surface area contributed by atoms with E-state index < -0.39 is 67.4 Å². The number of hydrogen-bond donors (Lipinski definition) is 6. The Morgan fingerprint density at radius 3 is 1.20 bits per heavy atom. The summed E-state index contributed by atoms with van der Waals surface area (Å²) in [5.74, 6) is -1.19. The van der Waals surface area contributed by atoms with Crippen LogP contribution in [0.5, 0.6) is 0 Å².